The zero-order valence-electron chi connectivity index (χ0n) is 8.33. The summed E-state index contributed by atoms with van der Waals surface area (Å²) < 4.78 is 0. The van der Waals surface area contributed by atoms with Crippen LogP contribution in [0.1, 0.15) is 6.42 Å². The molecule has 0 bridgehead atoms. The minimum Gasteiger partial charge on any atom is -0.481 e. The van der Waals surface area contributed by atoms with E-state index < -0.39 is 36.4 Å². The van der Waals surface area contributed by atoms with Crippen LogP contribution in [0, 0.1) is 0 Å². The van der Waals surface area contributed by atoms with Crippen molar-refractivity contribution in [2.75, 3.05) is 11.6 Å². The van der Waals surface area contributed by atoms with Gasteiger partial charge in [0.25, 0.3) is 0 Å². The van der Waals surface area contributed by atoms with Crippen LogP contribution in [-0.4, -0.2) is 56.7 Å². The SMILES string of the molecule is NC(CC(=O)O)C(=O)N1CSCC1C(=O)O. The molecule has 0 spiro atoms. The second kappa shape index (κ2) is 5.17. The second-order valence-corrected chi connectivity index (χ2v) is 4.37. The number of aliphatic carboxylic acids is 2. The summed E-state index contributed by atoms with van der Waals surface area (Å²) in [7, 11) is 0. The molecule has 2 unspecified atom stereocenters. The fourth-order valence-electron chi connectivity index (χ4n) is 1.35. The number of hydrogen-bond acceptors (Lipinski definition) is 5. The minimum atomic E-state index is -1.18. The van der Waals surface area contributed by atoms with Crippen LogP contribution in [0.5, 0.6) is 0 Å². The van der Waals surface area contributed by atoms with Crippen molar-refractivity contribution in [3.8, 4) is 0 Å². The molecule has 1 amide bonds. The lowest BCUT2D eigenvalue weighted by Gasteiger charge is -2.23. The summed E-state index contributed by atoms with van der Waals surface area (Å²) in [6.07, 6.45) is -0.494. The Morgan fingerprint density at radius 2 is 2.06 bits per heavy atom. The van der Waals surface area contributed by atoms with Crippen molar-refractivity contribution in [3.05, 3.63) is 0 Å². The number of nitrogens with zero attached hydrogens (tertiary/aromatic N) is 1. The number of carbonyl (C=O) groups is 3. The van der Waals surface area contributed by atoms with Gasteiger partial charge in [-0.15, -0.1) is 11.8 Å². The van der Waals surface area contributed by atoms with Crippen molar-refractivity contribution in [1.29, 1.82) is 0 Å². The van der Waals surface area contributed by atoms with E-state index in [0.717, 1.165) is 4.90 Å². The highest BCUT2D eigenvalue weighted by molar-refractivity contribution is 7.99. The minimum absolute atomic E-state index is 0.239. The van der Waals surface area contributed by atoms with E-state index in [1.165, 1.54) is 11.8 Å². The van der Waals surface area contributed by atoms with Gasteiger partial charge in [0.1, 0.15) is 6.04 Å². The molecule has 8 heteroatoms. The Labute approximate surface area is 95.6 Å². The van der Waals surface area contributed by atoms with Gasteiger partial charge in [-0.25, -0.2) is 4.79 Å². The average molecular weight is 248 g/mol. The molecule has 0 aliphatic carbocycles. The highest BCUT2D eigenvalue weighted by atomic mass is 32.2. The predicted octanol–water partition coefficient (Wildman–Crippen LogP) is -1.23. The van der Waals surface area contributed by atoms with Crippen LogP contribution in [0.4, 0.5) is 0 Å². The van der Waals surface area contributed by atoms with Gasteiger partial charge in [-0.1, -0.05) is 0 Å². The van der Waals surface area contributed by atoms with Crippen LogP contribution < -0.4 is 5.73 Å². The van der Waals surface area contributed by atoms with E-state index in [2.05, 4.69) is 0 Å². The maximum Gasteiger partial charge on any atom is 0.327 e. The van der Waals surface area contributed by atoms with Gasteiger partial charge in [0.15, 0.2) is 0 Å². The van der Waals surface area contributed by atoms with Crippen molar-refractivity contribution < 1.29 is 24.6 Å². The molecule has 1 aliphatic rings. The maximum atomic E-state index is 11.7. The van der Waals surface area contributed by atoms with E-state index in [4.69, 9.17) is 15.9 Å². The Kier molecular flexibility index (Phi) is 4.13. The van der Waals surface area contributed by atoms with Crippen LogP contribution in [0.2, 0.25) is 0 Å². The van der Waals surface area contributed by atoms with Gasteiger partial charge in [-0.2, -0.15) is 0 Å². The lowest BCUT2D eigenvalue weighted by Crippen LogP contribution is -2.49. The Balaban J connectivity index is 2.65. The third-order valence-electron chi connectivity index (χ3n) is 2.16. The third-order valence-corrected chi connectivity index (χ3v) is 3.17. The third kappa shape index (κ3) is 2.86. The van der Waals surface area contributed by atoms with Gasteiger partial charge in [-0.3, -0.25) is 9.59 Å². The zero-order chi connectivity index (χ0) is 12.3. The first-order chi connectivity index (χ1) is 7.43. The first-order valence-corrected chi connectivity index (χ1v) is 5.67. The molecular weight excluding hydrogens is 236 g/mol. The molecule has 90 valence electrons. The van der Waals surface area contributed by atoms with E-state index in [1.54, 1.807) is 0 Å². The van der Waals surface area contributed by atoms with E-state index in [9.17, 15) is 14.4 Å². The molecule has 4 N–H and O–H groups in total. The van der Waals surface area contributed by atoms with Crippen molar-refractivity contribution >= 4 is 29.6 Å². The van der Waals surface area contributed by atoms with Crippen LogP contribution >= 0.6 is 11.8 Å². The van der Waals surface area contributed by atoms with Crippen molar-refractivity contribution in [1.82, 2.24) is 4.90 Å². The number of carbonyl (C=O) groups excluding carboxylic acids is 1. The molecule has 0 aromatic rings. The van der Waals surface area contributed by atoms with Gasteiger partial charge in [0.2, 0.25) is 5.91 Å². The molecule has 1 rings (SSSR count). The molecule has 1 saturated heterocycles. The van der Waals surface area contributed by atoms with Gasteiger partial charge in [-0.05, 0) is 0 Å². The molecule has 2 atom stereocenters. The van der Waals surface area contributed by atoms with Crippen molar-refractivity contribution in [3.63, 3.8) is 0 Å². The number of thioether (sulfide) groups is 1. The monoisotopic (exact) mass is 248 g/mol. The van der Waals surface area contributed by atoms with Crippen LogP contribution in [0.15, 0.2) is 0 Å². The molecule has 1 fully saturated rings. The van der Waals surface area contributed by atoms with Crippen LogP contribution in [-0.2, 0) is 14.4 Å². The number of carboxylic acid groups (broad SMARTS) is 2. The molecule has 7 nitrogen and oxygen atoms in total. The normalized spacial score (nSPS) is 21.8. The Morgan fingerprint density at radius 1 is 1.44 bits per heavy atom. The predicted molar refractivity (Wildman–Crippen MR) is 55.8 cm³/mol. The summed E-state index contributed by atoms with van der Waals surface area (Å²) in [5.41, 5.74) is 5.39. The summed E-state index contributed by atoms with van der Waals surface area (Å²) in [5.74, 6) is -2.36. The summed E-state index contributed by atoms with van der Waals surface area (Å²) in [6.45, 7) is 0. The van der Waals surface area contributed by atoms with E-state index in [1.807, 2.05) is 0 Å². The quantitative estimate of drug-likeness (QED) is 0.569. The number of rotatable bonds is 4. The Morgan fingerprint density at radius 3 is 2.56 bits per heavy atom. The summed E-state index contributed by atoms with van der Waals surface area (Å²) >= 11 is 1.30. The smallest absolute Gasteiger partial charge is 0.327 e. The highest BCUT2D eigenvalue weighted by Crippen LogP contribution is 2.21. The molecule has 0 aromatic heterocycles. The topological polar surface area (TPSA) is 121 Å². The molecule has 1 aliphatic heterocycles. The molecule has 16 heavy (non-hydrogen) atoms. The number of nitrogens with two attached hydrogens (primary N) is 1. The lowest BCUT2D eigenvalue weighted by atomic mass is 10.1. The first kappa shape index (κ1) is 12.8. The summed E-state index contributed by atoms with van der Waals surface area (Å²) in [4.78, 5) is 33.9. The Hall–Kier alpha value is -1.28. The highest BCUT2D eigenvalue weighted by Gasteiger charge is 2.36. The van der Waals surface area contributed by atoms with Crippen molar-refractivity contribution in [2.24, 2.45) is 5.73 Å². The van der Waals surface area contributed by atoms with Gasteiger partial charge >= 0.3 is 11.9 Å². The van der Waals surface area contributed by atoms with Crippen LogP contribution in [0.25, 0.3) is 0 Å². The fraction of sp³-hybridized carbons (Fsp3) is 0.625. The largest absolute Gasteiger partial charge is 0.481 e. The fourth-order valence-corrected chi connectivity index (χ4v) is 2.51. The van der Waals surface area contributed by atoms with Gasteiger partial charge in [0.05, 0.1) is 18.3 Å². The van der Waals surface area contributed by atoms with E-state index in [-0.39, 0.29) is 5.88 Å². The Bertz CT molecular complexity index is 322. The zero-order valence-corrected chi connectivity index (χ0v) is 9.14. The molecule has 1 heterocycles. The first-order valence-electron chi connectivity index (χ1n) is 4.52. The molecular formula is C8H12N2O5S. The average Bonchev–Trinajstić information content (AvgIpc) is 2.63. The molecule has 0 saturated carbocycles. The van der Waals surface area contributed by atoms with E-state index >= 15 is 0 Å². The summed E-state index contributed by atoms with van der Waals surface area (Å²) in [5, 5.41) is 17.3. The standard InChI is InChI=1S/C8H12N2O5S/c9-4(1-6(11)12)7(13)10-3-16-2-5(10)8(14)15/h4-5H,1-3,9H2,(H,11,12)(H,14,15). The summed E-state index contributed by atoms with van der Waals surface area (Å²) in [6, 6.07) is -2.09. The lowest BCUT2D eigenvalue weighted by molar-refractivity contribution is -0.149. The van der Waals surface area contributed by atoms with Gasteiger partial charge < -0.3 is 20.8 Å². The number of amides is 1. The van der Waals surface area contributed by atoms with Gasteiger partial charge in [0, 0.05) is 5.75 Å². The number of hydrogen-bond donors (Lipinski definition) is 3. The molecule has 0 aromatic carbocycles. The second-order valence-electron chi connectivity index (χ2n) is 3.37. The van der Waals surface area contributed by atoms with Crippen molar-refractivity contribution in [2.45, 2.75) is 18.5 Å². The maximum absolute atomic E-state index is 11.7. The number of carboxylic acids is 2. The van der Waals surface area contributed by atoms with Crippen LogP contribution in [0.3, 0.4) is 0 Å². The van der Waals surface area contributed by atoms with E-state index in [0.29, 0.717) is 5.75 Å². The molecule has 0 radical (unpaired) electrons.